The van der Waals surface area contributed by atoms with Crippen LogP contribution in [0.5, 0.6) is 0 Å². The summed E-state index contributed by atoms with van der Waals surface area (Å²) in [6.45, 7) is 4.36. The lowest BCUT2D eigenvalue weighted by molar-refractivity contribution is -0.114. The molecule has 1 fully saturated rings. The average molecular weight is 286 g/mol. The molecule has 0 bridgehead atoms. The van der Waals surface area contributed by atoms with Gasteiger partial charge in [-0.3, -0.25) is 9.69 Å². The molecule has 1 aromatic heterocycles. The minimum absolute atomic E-state index is 0.148. The van der Waals surface area contributed by atoms with Crippen molar-refractivity contribution in [2.24, 2.45) is 0 Å². The number of anilines is 1. The van der Waals surface area contributed by atoms with E-state index in [0.29, 0.717) is 11.3 Å². The van der Waals surface area contributed by atoms with Gasteiger partial charge in [-0.15, -0.1) is 0 Å². The minimum Gasteiger partial charge on any atom is -0.423 e. The molecule has 0 saturated carbocycles. The van der Waals surface area contributed by atoms with E-state index in [9.17, 15) is 9.59 Å². The van der Waals surface area contributed by atoms with Gasteiger partial charge >= 0.3 is 5.63 Å². The topological polar surface area (TPSA) is 62.6 Å². The zero-order valence-electron chi connectivity index (χ0n) is 12.0. The number of nitrogens with zero attached hydrogens (tertiary/aromatic N) is 1. The quantitative estimate of drug-likeness (QED) is 0.880. The van der Waals surface area contributed by atoms with Crippen LogP contribution in [0.1, 0.15) is 25.3 Å². The molecule has 110 valence electrons. The van der Waals surface area contributed by atoms with Crippen molar-refractivity contribution in [3.05, 3.63) is 40.2 Å². The molecule has 2 aromatic rings. The van der Waals surface area contributed by atoms with Gasteiger partial charge in [0.15, 0.2) is 0 Å². The fourth-order valence-electron chi connectivity index (χ4n) is 2.82. The summed E-state index contributed by atoms with van der Waals surface area (Å²) in [6, 6.07) is 7.00. The smallest absolute Gasteiger partial charge is 0.336 e. The third-order valence-corrected chi connectivity index (χ3v) is 3.74. The second-order valence-electron chi connectivity index (χ2n) is 5.47. The van der Waals surface area contributed by atoms with E-state index >= 15 is 0 Å². The zero-order valence-corrected chi connectivity index (χ0v) is 12.0. The molecule has 1 aromatic carbocycles. The van der Waals surface area contributed by atoms with Crippen molar-refractivity contribution in [1.29, 1.82) is 0 Å². The van der Waals surface area contributed by atoms with E-state index in [4.69, 9.17) is 4.42 Å². The number of fused-ring (bicyclic) bond motifs is 1. The van der Waals surface area contributed by atoms with E-state index < -0.39 is 0 Å². The Morgan fingerprint density at radius 3 is 2.76 bits per heavy atom. The van der Waals surface area contributed by atoms with Crippen LogP contribution in [0.3, 0.4) is 0 Å². The van der Waals surface area contributed by atoms with Crippen LogP contribution in [0.15, 0.2) is 33.5 Å². The third-order valence-electron chi connectivity index (χ3n) is 3.74. The number of nitrogens with one attached hydrogen (secondary N) is 1. The standard InChI is InChI=1S/C16H18N2O3/c1-11(19)17-13-4-5-14-12(10-18-6-2-3-7-18)8-16(20)21-15(14)9-13/h4-5,8-9H,2-3,6-7,10H2,1H3,(H,17,19). The maximum absolute atomic E-state index is 11.7. The molecule has 0 atom stereocenters. The molecule has 1 N–H and O–H groups in total. The number of hydrogen-bond acceptors (Lipinski definition) is 4. The van der Waals surface area contributed by atoms with Crippen molar-refractivity contribution in [3.8, 4) is 0 Å². The first-order valence-electron chi connectivity index (χ1n) is 7.18. The summed E-state index contributed by atoms with van der Waals surface area (Å²) >= 11 is 0. The van der Waals surface area contributed by atoms with E-state index in [0.717, 1.165) is 30.6 Å². The highest BCUT2D eigenvalue weighted by Gasteiger charge is 2.14. The van der Waals surface area contributed by atoms with E-state index in [2.05, 4.69) is 10.2 Å². The molecular formula is C16H18N2O3. The number of carbonyl (C=O) groups is 1. The molecule has 5 heteroatoms. The highest BCUT2D eigenvalue weighted by Crippen LogP contribution is 2.23. The first-order valence-corrected chi connectivity index (χ1v) is 7.18. The van der Waals surface area contributed by atoms with Crippen molar-refractivity contribution in [1.82, 2.24) is 4.90 Å². The maximum atomic E-state index is 11.7. The summed E-state index contributed by atoms with van der Waals surface area (Å²) in [5.41, 5.74) is 1.79. The summed E-state index contributed by atoms with van der Waals surface area (Å²) < 4.78 is 5.26. The van der Waals surface area contributed by atoms with Gasteiger partial charge < -0.3 is 9.73 Å². The van der Waals surface area contributed by atoms with E-state index in [1.54, 1.807) is 12.1 Å². The molecule has 0 unspecified atom stereocenters. The van der Waals surface area contributed by atoms with Crippen LogP contribution in [-0.2, 0) is 11.3 Å². The first-order chi connectivity index (χ1) is 10.1. The zero-order chi connectivity index (χ0) is 14.8. The number of likely N-dealkylation sites (tertiary alicyclic amines) is 1. The lowest BCUT2D eigenvalue weighted by atomic mass is 10.1. The summed E-state index contributed by atoms with van der Waals surface area (Å²) in [7, 11) is 0. The van der Waals surface area contributed by atoms with Gasteiger partial charge in [-0.25, -0.2) is 4.79 Å². The van der Waals surface area contributed by atoms with E-state index in [-0.39, 0.29) is 11.5 Å². The first kappa shape index (κ1) is 13.8. The van der Waals surface area contributed by atoms with Gasteiger partial charge in [-0.2, -0.15) is 0 Å². The Labute approximate surface area is 122 Å². The predicted molar refractivity (Wildman–Crippen MR) is 81.3 cm³/mol. The second kappa shape index (κ2) is 5.69. The molecule has 3 rings (SSSR count). The molecular weight excluding hydrogens is 268 g/mol. The maximum Gasteiger partial charge on any atom is 0.336 e. The van der Waals surface area contributed by atoms with Crippen LogP contribution in [0.4, 0.5) is 5.69 Å². The van der Waals surface area contributed by atoms with Gasteiger partial charge in [-0.1, -0.05) is 0 Å². The fraction of sp³-hybridized carbons (Fsp3) is 0.375. The Kier molecular flexibility index (Phi) is 3.75. The van der Waals surface area contributed by atoms with Crippen LogP contribution in [-0.4, -0.2) is 23.9 Å². The summed E-state index contributed by atoms with van der Waals surface area (Å²) in [5, 5.41) is 3.62. The molecule has 21 heavy (non-hydrogen) atoms. The SMILES string of the molecule is CC(=O)Nc1ccc2c(CN3CCCC3)cc(=O)oc2c1. The molecule has 5 nitrogen and oxygen atoms in total. The largest absolute Gasteiger partial charge is 0.423 e. The summed E-state index contributed by atoms with van der Waals surface area (Å²) in [5.74, 6) is -0.148. The van der Waals surface area contributed by atoms with Gasteiger partial charge in [0.2, 0.25) is 5.91 Å². The fourth-order valence-corrected chi connectivity index (χ4v) is 2.82. The predicted octanol–water partition coefficient (Wildman–Crippen LogP) is 2.35. The Bertz CT molecular complexity index is 730. The molecule has 1 aliphatic heterocycles. The van der Waals surface area contributed by atoms with Crippen molar-refractivity contribution in [3.63, 3.8) is 0 Å². The number of hydrogen-bond donors (Lipinski definition) is 1. The molecule has 1 amide bonds. The Hall–Kier alpha value is -2.14. The molecule has 0 radical (unpaired) electrons. The number of amides is 1. The minimum atomic E-state index is -0.350. The van der Waals surface area contributed by atoms with E-state index in [1.165, 1.54) is 19.8 Å². The highest BCUT2D eigenvalue weighted by molar-refractivity contribution is 5.92. The van der Waals surface area contributed by atoms with E-state index in [1.807, 2.05) is 12.1 Å². The van der Waals surface area contributed by atoms with Gasteiger partial charge in [0.1, 0.15) is 5.58 Å². The van der Waals surface area contributed by atoms with Crippen LogP contribution in [0.25, 0.3) is 11.0 Å². The summed E-state index contributed by atoms with van der Waals surface area (Å²) in [6.07, 6.45) is 2.43. The molecule has 1 aliphatic rings. The number of benzene rings is 1. The van der Waals surface area contributed by atoms with Gasteiger partial charge in [0, 0.05) is 36.7 Å². The van der Waals surface area contributed by atoms with Gasteiger partial charge in [0.25, 0.3) is 0 Å². The van der Waals surface area contributed by atoms with Gasteiger partial charge in [-0.05, 0) is 43.6 Å². The van der Waals surface area contributed by atoms with Crippen molar-refractivity contribution < 1.29 is 9.21 Å². The molecule has 0 aliphatic carbocycles. The van der Waals surface area contributed by atoms with Crippen LogP contribution < -0.4 is 10.9 Å². The second-order valence-corrected chi connectivity index (χ2v) is 5.47. The Balaban J connectivity index is 1.99. The van der Waals surface area contributed by atoms with Crippen molar-refractivity contribution in [2.75, 3.05) is 18.4 Å². The Morgan fingerprint density at radius 1 is 1.29 bits per heavy atom. The molecule has 0 spiro atoms. The van der Waals surface area contributed by atoms with Crippen LogP contribution in [0, 0.1) is 0 Å². The highest BCUT2D eigenvalue weighted by atomic mass is 16.4. The lowest BCUT2D eigenvalue weighted by Gasteiger charge is -2.15. The normalized spacial score (nSPS) is 15.5. The molecule has 2 heterocycles. The van der Waals surface area contributed by atoms with Gasteiger partial charge in [0.05, 0.1) is 0 Å². The molecule has 1 saturated heterocycles. The number of rotatable bonds is 3. The monoisotopic (exact) mass is 286 g/mol. The number of carbonyl (C=O) groups excluding carboxylic acids is 1. The van der Waals surface area contributed by atoms with Crippen LogP contribution in [0.2, 0.25) is 0 Å². The van der Waals surface area contributed by atoms with Crippen molar-refractivity contribution >= 4 is 22.6 Å². The van der Waals surface area contributed by atoms with Crippen LogP contribution >= 0.6 is 0 Å². The van der Waals surface area contributed by atoms with Crippen molar-refractivity contribution in [2.45, 2.75) is 26.3 Å². The average Bonchev–Trinajstić information content (AvgIpc) is 2.90. The lowest BCUT2D eigenvalue weighted by Crippen LogP contribution is -2.19. The summed E-state index contributed by atoms with van der Waals surface area (Å²) in [4.78, 5) is 25.2. The Morgan fingerprint density at radius 2 is 2.05 bits per heavy atom. The third kappa shape index (κ3) is 3.13.